The van der Waals surface area contributed by atoms with Crippen LogP contribution in [0, 0.1) is 18.3 Å². The van der Waals surface area contributed by atoms with E-state index in [1.165, 1.54) is 12.0 Å². The summed E-state index contributed by atoms with van der Waals surface area (Å²) < 4.78 is 2.38. The summed E-state index contributed by atoms with van der Waals surface area (Å²) in [4.78, 5) is 16.3. The molecule has 4 rings (SSSR count). The van der Waals surface area contributed by atoms with Crippen LogP contribution in [0.3, 0.4) is 0 Å². The number of benzene rings is 2. The highest BCUT2D eigenvalue weighted by atomic mass is 16.4. The van der Waals surface area contributed by atoms with E-state index in [1.807, 2.05) is 13.0 Å². The molecule has 2 unspecified atom stereocenters. The van der Waals surface area contributed by atoms with Crippen molar-refractivity contribution in [3.8, 4) is 0 Å². The van der Waals surface area contributed by atoms with Crippen molar-refractivity contribution in [2.45, 2.75) is 79.2 Å². The average Bonchev–Trinajstić information content (AvgIpc) is 3.03. The minimum absolute atomic E-state index is 0.0154. The van der Waals surface area contributed by atoms with Crippen LogP contribution >= 0.6 is 0 Å². The van der Waals surface area contributed by atoms with E-state index >= 15 is 0 Å². The van der Waals surface area contributed by atoms with Gasteiger partial charge in [0.05, 0.1) is 17.5 Å². The molecule has 1 heterocycles. The largest absolute Gasteiger partial charge is 0.481 e. The first kappa shape index (κ1) is 23.3. The van der Waals surface area contributed by atoms with Crippen molar-refractivity contribution in [2.75, 3.05) is 5.32 Å². The van der Waals surface area contributed by atoms with Gasteiger partial charge >= 0.3 is 5.97 Å². The molecular formula is C28H37N3O2. The van der Waals surface area contributed by atoms with E-state index in [0.717, 1.165) is 46.6 Å². The molecule has 0 bridgehead atoms. The smallest absolute Gasteiger partial charge is 0.307 e. The number of anilines is 2. The van der Waals surface area contributed by atoms with Gasteiger partial charge in [-0.3, -0.25) is 4.79 Å². The molecule has 3 aromatic rings. The monoisotopic (exact) mass is 447 g/mol. The molecule has 1 saturated carbocycles. The van der Waals surface area contributed by atoms with Crippen LogP contribution in [-0.4, -0.2) is 20.6 Å². The predicted octanol–water partition coefficient (Wildman–Crippen LogP) is 7.23. The Morgan fingerprint density at radius 1 is 1.21 bits per heavy atom. The Kier molecular flexibility index (Phi) is 6.26. The molecule has 0 radical (unpaired) electrons. The molecule has 5 nitrogen and oxygen atoms in total. The van der Waals surface area contributed by atoms with Crippen LogP contribution in [0.2, 0.25) is 0 Å². The normalized spacial score (nSPS) is 20.3. The summed E-state index contributed by atoms with van der Waals surface area (Å²) >= 11 is 0. The lowest BCUT2D eigenvalue weighted by molar-refractivity contribution is -0.136. The summed E-state index contributed by atoms with van der Waals surface area (Å²) in [7, 11) is 0. The van der Waals surface area contributed by atoms with Crippen LogP contribution in [0.5, 0.6) is 0 Å². The zero-order valence-electron chi connectivity index (χ0n) is 20.8. The van der Waals surface area contributed by atoms with Crippen molar-refractivity contribution in [3.63, 3.8) is 0 Å². The number of carbonyl (C=O) groups is 1. The number of hydrogen-bond acceptors (Lipinski definition) is 3. The molecule has 2 atom stereocenters. The van der Waals surface area contributed by atoms with E-state index in [4.69, 9.17) is 4.98 Å². The number of hydrogen-bond donors (Lipinski definition) is 2. The lowest BCUT2D eigenvalue weighted by atomic mass is 9.70. The third-order valence-electron chi connectivity index (χ3n) is 7.05. The summed E-state index contributed by atoms with van der Waals surface area (Å²) in [6.45, 7) is 13.5. The number of aryl methyl sites for hydroxylation is 1. The standard InChI is InChI=1S/C28H37N3O2/c1-17(2)20-7-9-22(10-8-20)29-27-30-24-13-21(14-26(32)33)19(4)12-25(24)31(27)23-11-18(3)15-28(5,6)16-23/h7-10,12-13,17-18,23H,11,14-16H2,1-6H3,(H,29,30)(H,32,33). The van der Waals surface area contributed by atoms with Gasteiger partial charge in [-0.05, 0) is 84.4 Å². The van der Waals surface area contributed by atoms with Gasteiger partial charge in [-0.15, -0.1) is 0 Å². The van der Waals surface area contributed by atoms with Crippen molar-refractivity contribution in [2.24, 2.45) is 11.3 Å². The molecule has 0 spiro atoms. The fraction of sp³-hybridized carbons (Fsp3) is 0.500. The van der Waals surface area contributed by atoms with Crippen LogP contribution in [-0.2, 0) is 11.2 Å². The van der Waals surface area contributed by atoms with E-state index in [0.29, 0.717) is 17.9 Å². The fourth-order valence-corrected chi connectivity index (χ4v) is 5.67. The number of rotatable bonds is 6. The Balaban J connectivity index is 1.81. The Morgan fingerprint density at radius 3 is 2.52 bits per heavy atom. The highest BCUT2D eigenvalue weighted by Gasteiger charge is 2.34. The van der Waals surface area contributed by atoms with Crippen LogP contribution < -0.4 is 5.32 Å². The molecule has 0 saturated heterocycles. The SMILES string of the molecule is Cc1cc2c(cc1CC(=O)O)nc(Nc1ccc(C(C)C)cc1)n2C1CC(C)CC(C)(C)C1. The Hall–Kier alpha value is -2.82. The van der Waals surface area contributed by atoms with Gasteiger partial charge in [-0.2, -0.15) is 0 Å². The van der Waals surface area contributed by atoms with Gasteiger partial charge in [0, 0.05) is 11.7 Å². The topological polar surface area (TPSA) is 67.2 Å². The fourth-order valence-electron chi connectivity index (χ4n) is 5.67. The van der Waals surface area contributed by atoms with Crippen LogP contribution in [0.15, 0.2) is 36.4 Å². The lowest BCUT2D eigenvalue weighted by Crippen LogP contribution is -2.29. The predicted molar refractivity (Wildman–Crippen MR) is 135 cm³/mol. The molecule has 2 aromatic carbocycles. The number of nitrogens with one attached hydrogen (secondary N) is 1. The summed E-state index contributed by atoms with van der Waals surface area (Å²) in [6.07, 6.45) is 3.46. The first-order valence-corrected chi connectivity index (χ1v) is 12.1. The first-order chi connectivity index (χ1) is 15.5. The Morgan fingerprint density at radius 2 is 1.91 bits per heavy atom. The maximum absolute atomic E-state index is 11.4. The molecule has 33 heavy (non-hydrogen) atoms. The number of nitrogens with zero attached hydrogens (tertiary/aromatic N) is 2. The van der Waals surface area contributed by atoms with Gasteiger partial charge in [0.15, 0.2) is 0 Å². The Bertz CT molecular complexity index is 1160. The lowest BCUT2D eigenvalue weighted by Gasteiger charge is -2.40. The van der Waals surface area contributed by atoms with E-state index in [9.17, 15) is 9.90 Å². The van der Waals surface area contributed by atoms with Gasteiger partial charge in [0.1, 0.15) is 0 Å². The van der Waals surface area contributed by atoms with Crippen molar-refractivity contribution in [1.82, 2.24) is 9.55 Å². The third-order valence-corrected chi connectivity index (χ3v) is 7.05. The third kappa shape index (κ3) is 5.07. The van der Waals surface area contributed by atoms with Crippen molar-refractivity contribution >= 4 is 28.6 Å². The highest BCUT2D eigenvalue weighted by molar-refractivity contribution is 5.83. The molecule has 5 heteroatoms. The number of aromatic nitrogens is 2. The van der Waals surface area contributed by atoms with Crippen molar-refractivity contribution in [3.05, 3.63) is 53.1 Å². The zero-order valence-corrected chi connectivity index (χ0v) is 20.8. The first-order valence-electron chi connectivity index (χ1n) is 12.1. The van der Waals surface area contributed by atoms with E-state index in [1.54, 1.807) is 0 Å². The number of carboxylic acid groups (broad SMARTS) is 1. The maximum atomic E-state index is 11.4. The number of imidazole rings is 1. The number of carboxylic acids is 1. The van der Waals surface area contributed by atoms with Crippen LogP contribution in [0.25, 0.3) is 11.0 Å². The van der Waals surface area contributed by atoms with Gasteiger partial charge in [-0.25, -0.2) is 4.98 Å². The Labute approximate surface area is 197 Å². The maximum Gasteiger partial charge on any atom is 0.307 e. The summed E-state index contributed by atoms with van der Waals surface area (Å²) in [5, 5.41) is 12.9. The summed E-state index contributed by atoms with van der Waals surface area (Å²) in [5.41, 5.74) is 6.36. The molecule has 176 valence electrons. The highest BCUT2D eigenvalue weighted by Crippen LogP contribution is 2.46. The van der Waals surface area contributed by atoms with Gasteiger partial charge < -0.3 is 15.0 Å². The van der Waals surface area contributed by atoms with Gasteiger partial charge in [0.2, 0.25) is 5.95 Å². The van der Waals surface area contributed by atoms with E-state index < -0.39 is 5.97 Å². The number of fused-ring (bicyclic) bond motifs is 1. The molecule has 0 aliphatic heterocycles. The molecule has 1 fully saturated rings. The van der Waals surface area contributed by atoms with E-state index in [2.05, 4.69) is 74.8 Å². The molecule has 1 aliphatic carbocycles. The molecule has 1 aromatic heterocycles. The minimum Gasteiger partial charge on any atom is -0.481 e. The summed E-state index contributed by atoms with van der Waals surface area (Å²) in [5.74, 6) is 1.15. The minimum atomic E-state index is -0.816. The van der Waals surface area contributed by atoms with Crippen molar-refractivity contribution < 1.29 is 9.90 Å². The summed E-state index contributed by atoms with van der Waals surface area (Å²) in [6, 6.07) is 13.0. The molecule has 2 N–H and O–H groups in total. The second kappa shape index (κ2) is 8.85. The van der Waals surface area contributed by atoms with Crippen LogP contribution in [0.4, 0.5) is 11.6 Å². The second-order valence-electron chi connectivity index (χ2n) is 11.1. The van der Waals surface area contributed by atoms with Crippen molar-refractivity contribution in [1.29, 1.82) is 0 Å². The van der Waals surface area contributed by atoms with Gasteiger partial charge in [0.25, 0.3) is 0 Å². The molecule has 1 aliphatic rings. The second-order valence-corrected chi connectivity index (χ2v) is 11.1. The molecule has 0 amide bonds. The van der Waals surface area contributed by atoms with Crippen LogP contribution in [0.1, 0.15) is 82.5 Å². The quantitative estimate of drug-likeness (QED) is 0.418. The molecular weight excluding hydrogens is 410 g/mol. The van der Waals surface area contributed by atoms with E-state index in [-0.39, 0.29) is 11.8 Å². The average molecular weight is 448 g/mol. The zero-order chi connectivity index (χ0) is 23.9. The number of aliphatic carboxylic acids is 1. The van der Waals surface area contributed by atoms with Gasteiger partial charge in [-0.1, -0.05) is 46.8 Å².